The first-order valence-corrected chi connectivity index (χ1v) is 10.2. The SMILES string of the molecule is CCN(CC)CCOC(=O)c1ccc(Nc2ncnc3cc(OC)c(OC)cc23)cc1.Cl. The number of hydrogen-bond acceptors (Lipinski definition) is 8. The van der Waals surface area contributed by atoms with Crippen LogP contribution in [0.15, 0.2) is 42.7 Å². The molecule has 0 atom stereocenters. The molecule has 3 aromatic rings. The Labute approximate surface area is 194 Å². The van der Waals surface area contributed by atoms with Crippen molar-refractivity contribution in [3.05, 3.63) is 48.3 Å². The fraction of sp³-hybridized carbons (Fsp3) is 0.348. The number of carbonyl (C=O) groups is 1. The van der Waals surface area contributed by atoms with Crippen LogP contribution in [-0.4, -0.2) is 61.3 Å². The van der Waals surface area contributed by atoms with Gasteiger partial charge in [0, 0.05) is 23.7 Å². The third-order valence-corrected chi connectivity index (χ3v) is 5.06. The molecule has 0 saturated heterocycles. The largest absolute Gasteiger partial charge is 0.493 e. The van der Waals surface area contributed by atoms with E-state index in [1.807, 2.05) is 18.2 Å². The number of halogens is 1. The molecule has 0 aliphatic heterocycles. The molecule has 0 unspecified atom stereocenters. The average Bonchev–Trinajstić information content (AvgIpc) is 2.81. The summed E-state index contributed by atoms with van der Waals surface area (Å²) in [6, 6.07) is 10.7. The number of rotatable bonds is 10. The van der Waals surface area contributed by atoms with Gasteiger partial charge in [-0.15, -0.1) is 12.4 Å². The highest BCUT2D eigenvalue weighted by atomic mass is 35.5. The number of fused-ring (bicyclic) bond motifs is 1. The number of nitrogens with one attached hydrogen (secondary N) is 1. The van der Waals surface area contributed by atoms with Crippen LogP contribution in [0.5, 0.6) is 11.5 Å². The molecule has 32 heavy (non-hydrogen) atoms. The molecule has 172 valence electrons. The molecule has 0 amide bonds. The minimum absolute atomic E-state index is 0. The van der Waals surface area contributed by atoms with E-state index in [2.05, 4.69) is 34.0 Å². The third-order valence-electron chi connectivity index (χ3n) is 5.06. The monoisotopic (exact) mass is 460 g/mol. The molecular formula is C23H29ClN4O4. The zero-order valence-corrected chi connectivity index (χ0v) is 19.6. The Morgan fingerprint density at radius 3 is 2.28 bits per heavy atom. The van der Waals surface area contributed by atoms with Gasteiger partial charge in [-0.2, -0.15) is 0 Å². The van der Waals surface area contributed by atoms with Crippen molar-refractivity contribution in [3.63, 3.8) is 0 Å². The van der Waals surface area contributed by atoms with Gasteiger partial charge in [0.25, 0.3) is 0 Å². The maximum atomic E-state index is 12.3. The lowest BCUT2D eigenvalue weighted by Crippen LogP contribution is -2.27. The van der Waals surface area contributed by atoms with Crippen LogP contribution >= 0.6 is 12.4 Å². The molecule has 0 saturated carbocycles. The van der Waals surface area contributed by atoms with Gasteiger partial charge in [-0.1, -0.05) is 13.8 Å². The molecule has 3 rings (SSSR count). The topological polar surface area (TPSA) is 85.8 Å². The summed E-state index contributed by atoms with van der Waals surface area (Å²) in [7, 11) is 3.17. The normalized spacial score (nSPS) is 10.5. The van der Waals surface area contributed by atoms with E-state index in [1.54, 1.807) is 32.4 Å². The van der Waals surface area contributed by atoms with Crippen LogP contribution in [0.1, 0.15) is 24.2 Å². The van der Waals surface area contributed by atoms with E-state index in [0.29, 0.717) is 29.5 Å². The van der Waals surface area contributed by atoms with Crippen LogP contribution < -0.4 is 14.8 Å². The summed E-state index contributed by atoms with van der Waals surface area (Å²) >= 11 is 0. The lowest BCUT2D eigenvalue weighted by atomic mass is 10.2. The average molecular weight is 461 g/mol. The van der Waals surface area contributed by atoms with Gasteiger partial charge in [-0.05, 0) is 43.4 Å². The van der Waals surface area contributed by atoms with E-state index in [9.17, 15) is 4.79 Å². The molecule has 0 bridgehead atoms. The molecule has 0 radical (unpaired) electrons. The Morgan fingerprint density at radius 1 is 1.00 bits per heavy atom. The maximum Gasteiger partial charge on any atom is 0.338 e. The van der Waals surface area contributed by atoms with Crippen molar-refractivity contribution < 1.29 is 19.0 Å². The highest BCUT2D eigenvalue weighted by Gasteiger charge is 2.12. The fourth-order valence-electron chi connectivity index (χ4n) is 3.20. The van der Waals surface area contributed by atoms with E-state index < -0.39 is 0 Å². The molecular weight excluding hydrogens is 432 g/mol. The summed E-state index contributed by atoms with van der Waals surface area (Å²) in [5.41, 5.74) is 2.02. The predicted octanol–water partition coefficient (Wildman–Crippen LogP) is 4.31. The van der Waals surface area contributed by atoms with E-state index in [1.165, 1.54) is 6.33 Å². The summed E-state index contributed by atoms with van der Waals surface area (Å²) in [5, 5.41) is 4.06. The zero-order chi connectivity index (χ0) is 22.2. The van der Waals surface area contributed by atoms with Gasteiger partial charge in [0.2, 0.25) is 0 Å². The van der Waals surface area contributed by atoms with Crippen molar-refractivity contribution >= 4 is 40.8 Å². The first kappa shape index (κ1) is 25.2. The summed E-state index contributed by atoms with van der Waals surface area (Å²) in [6.07, 6.45) is 1.48. The first-order chi connectivity index (χ1) is 15.1. The zero-order valence-electron chi connectivity index (χ0n) is 18.8. The third kappa shape index (κ3) is 5.99. The van der Waals surface area contributed by atoms with Crippen molar-refractivity contribution in [2.45, 2.75) is 13.8 Å². The lowest BCUT2D eigenvalue weighted by molar-refractivity contribution is 0.0466. The number of nitrogens with zero attached hydrogens (tertiary/aromatic N) is 3. The van der Waals surface area contributed by atoms with Crippen molar-refractivity contribution in [1.29, 1.82) is 0 Å². The van der Waals surface area contributed by atoms with Crippen molar-refractivity contribution in [2.75, 3.05) is 45.8 Å². The van der Waals surface area contributed by atoms with Gasteiger partial charge in [-0.25, -0.2) is 14.8 Å². The number of carbonyl (C=O) groups excluding carboxylic acids is 1. The number of esters is 1. The molecule has 0 aliphatic carbocycles. The van der Waals surface area contributed by atoms with Gasteiger partial charge in [0.1, 0.15) is 18.8 Å². The van der Waals surface area contributed by atoms with Crippen LogP contribution in [0.2, 0.25) is 0 Å². The predicted molar refractivity (Wildman–Crippen MR) is 128 cm³/mol. The minimum Gasteiger partial charge on any atom is -0.493 e. The van der Waals surface area contributed by atoms with Crippen molar-refractivity contribution in [1.82, 2.24) is 14.9 Å². The Hall–Kier alpha value is -3.10. The second kappa shape index (κ2) is 12.1. The van der Waals surface area contributed by atoms with E-state index in [0.717, 1.165) is 36.2 Å². The van der Waals surface area contributed by atoms with E-state index >= 15 is 0 Å². The van der Waals surface area contributed by atoms with Gasteiger partial charge in [-0.3, -0.25) is 0 Å². The second-order valence-electron chi connectivity index (χ2n) is 6.81. The number of likely N-dealkylation sites (N-methyl/N-ethyl adjacent to an activating group) is 1. The number of ether oxygens (including phenoxy) is 3. The van der Waals surface area contributed by atoms with Crippen LogP contribution in [0.25, 0.3) is 10.9 Å². The smallest absolute Gasteiger partial charge is 0.338 e. The fourth-order valence-corrected chi connectivity index (χ4v) is 3.20. The van der Waals surface area contributed by atoms with E-state index in [4.69, 9.17) is 14.2 Å². The molecule has 1 N–H and O–H groups in total. The van der Waals surface area contributed by atoms with E-state index in [-0.39, 0.29) is 18.4 Å². The molecule has 1 heterocycles. The van der Waals surface area contributed by atoms with Crippen LogP contribution in [0.4, 0.5) is 11.5 Å². The molecule has 1 aromatic heterocycles. The van der Waals surface area contributed by atoms with Gasteiger partial charge in [0.15, 0.2) is 11.5 Å². The Morgan fingerprint density at radius 2 is 1.66 bits per heavy atom. The summed E-state index contributed by atoms with van der Waals surface area (Å²) in [6.45, 7) is 7.15. The van der Waals surface area contributed by atoms with Crippen LogP contribution in [0.3, 0.4) is 0 Å². The quantitative estimate of drug-likeness (QED) is 0.448. The van der Waals surface area contributed by atoms with Gasteiger partial charge >= 0.3 is 5.97 Å². The molecule has 8 nitrogen and oxygen atoms in total. The lowest BCUT2D eigenvalue weighted by Gasteiger charge is -2.17. The van der Waals surface area contributed by atoms with Crippen LogP contribution in [0, 0.1) is 0 Å². The van der Waals surface area contributed by atoms with Crippen molar-refractivity contribution in [2.24, 2.45) is 0 Å². The maximum absolute atomic E-state index is 12.3. The number of methoxy groups -OCH3 is 2. The minimum atomic E-state index is -0.331. The Bertz CT molecular complexity index is 1030. The summed E-state index contributed by atoms with van der Waals surface area (Å²) < 4.78 is 16.1. The standard InChI is InChI=1S/C23H28N4O4.ClH/c1-5-27(6-2)11-12-31-23(28)16-7-9-17(10-8-16)26-22-18-13-20(29-3)21(30-4)14-19(18)24-15-25-22;/h7-10,13-15H,5-6,11-12H2,1-4H3,(H,24,25,26);1H. The Balaban J connectivity index is 0.00000363. The highest BCUT2D eigenvalue weighted by Crippen LogP contribution is 2.34. The first-order valence-electron chi connectivity index (χ1n) is 10.2. The summed E-state index contributed by atoms with van der Waals surface area (Å²) in [4.78, 5) is 23.1. The number of hydrogen-bond donors (Lipinski definition) is 1. The number of anilines is 2. The Kier molecular flexibility index (Phi) is 9.49. The molecule has 2 aromatic carbocycles. The number of aromatic nitrogens is 2. The molecule has 0 aliphatic rings. The second-order valence-corrected chi connectivity index (χ2v) is 6.81. The van der Waals surface area contributed by atoms with Crippen LogP contribution in [-0.2, 0) is 4.74 Å². The van der Waals surface area contributed by atoms with Gasteiger partial charge in [0.05, 0.1) is 25.3 Å². The highest BCUT2D eigenvalue weighted by molar-refractivity contribution is 5.93. The molecule has 0 spiro atoms. The van der Waals surface area contributed by atoms with Crippen molar-refractivity contribution in [3.8, 4) is 11.5 Å². The summed E-state index contributed by atoms with van der Waals surface area (Å²) in [5.74, 6) is 1.49. The van der Waals surface area contributed by atoms with Gasteiger partial charge < -0.3 is 24.4 Å². The number of benzene rings is 2. The molecule has 0 fully saturated rings. The molecule has 9 heteroatoms.